The molecule has 2 aromatic carbocycles. The van der Waals surface area contributed by atoms with Crippen LogP contribution in [0.2, 0.25) is 0 Å². The van der Waals surface area contributed by atoms with E-state index in [0.717, 1.165) is 57.8 Å². The minimum atomic E-state index is -0.939. The predicted octanol–water partition coefficient (Wildman–Crippen LogP) is 10.0. The number of unbranched alkanes of at least 4 members (excludes halogenated alkanes) is 1. The Labute approximate surface area is 242 Å². The average Bonchev–Trinajstić information content (AvgIpc) is 2.99. The third-order valence-corrected chi connectivity index (χ3v) is 9.13. The van der Waals surface area contributed by atoms with Crippen LogP contribution in [0.1, 0.15) is 112 Å². The summed E-state index contributed by atoms with van der Waals surface area (Å²) in [4.78, 5) is 0. The molecule has 0 aromatic heterocycles. The highest BCUT2D eigenvalue weighted by Crippen LogP contribution is 2.41. The molecule has 0 aliphatic heterocycles. The molecule has 0 heterocycles. The van der Waals surface area contributed by atoms with Gasteiger partial charge in [0.1, 0.15) is 0 Å². The summed E-state index contributed by atoms with van der Waals surface area (Å²) in [6.45, 7) is 6.00. The van der Waals surface area contributed by atoms with Crippen molar-refractivity contribution in [2.24, 2.45) is 11.8 Å². The van der Waals surface area contributed by atoms with Crippen LogP contribution < -0.4 is 4.74 Å². The predicted molar refractivity (Wildman–Crippen MR) is 157 cm³/mol. The monoisotopic (exact) mass is 572 g/mol. The summed E-state index contributed by atoms with van der Waals surface area (Å²) in [5.74, 6) is -3.12. The lowest BCUT2D eigenvalue weighted by Crippen LogP contribution is -2.25. The number of aliphatic hydroxyl groups excluding tert-OH is 1. The topological polar surface area (TPSA) is 29.5 Å². The number of hydrogen-bond acceptors (Lipinski definition) is 2. The van der Waals surface area contributed by atoms with Crippen molar-refractivity contribution in [3.05, 3.63) is 83.0 Å². The minimum Gasteiger partial charge on any atom is -0.490 e. The Kier molecular flexibility index (Phi) is 11.5. The van der Waals surface area contributed by atoms with Gasteiger partial charge >= 0.3 is 0 Å². The van der Waals surface area contributed by atoms with Crippen molar-refractivity contribution in [3.8, 4) is 5.75 Å². The molecule has 0 spiro atoms. The van der Waals surface area contributed by atoms with E-state index >= 15 is 8.78 Å². The quantitative estimate of drug-likeness (QED) is 0.156. The van der Waals surface area contributed by atoms with Gasteiger partial charge in [0.2, 0.25) is 5.82 Å². The summed E-state index contributed by atoms with van der Waals surface area (Å²) >= 11 is 0. The maximum Gasteiger partial charge on any atom is 0.200 e. The van der Waals surface area contributed by atoms with Crippen LogP contribution in [0.25, 0.3) is 6.08 Å². The van der Waals surface area contributed by atoms with Crippen molar-refractivity contribution in [2.75, 3.05) is 6.61 Å². The maximum atomic E-state index is 15.1. The normalized spacial score (nSPS) is 24.0. The van der Waals surface area contributed by atoms with Crippen LogP contribution in [0.15, 0.2) is 43.0 Å². The van der Waals surface area contributed by atoms with Gasteiger partial charge in [-0.05, 0) is 111 Å². The van der Waals surface area contributed by atoms with Gasteiger partial charge in [-0.1, -0.05) is 49.8 Å². The number of halogens is 4. The first-order chi connectivity index (χ1) is 19.8. The number of rotatable bonds is 12. The number of hydrogen-bond donors (Lipinski definition) is 1. The van der Waals surface area contributed by atoms with Crippen LogP contribution in [0.5, 0.6) is 5.75 Å². The Morgan fingerprint density at radius 1 is 0.854 bits per heavy atom. The van der Waals surface area contributed by atoms with E-state index in [-0.39, 0.29) is 41.1 Å². The Morgan fingerprint density at radius 3 is 2.10 bits per heavy atom. The second-order valence-corrected chi connectivity index (χ2v) is 11.9. The molecule has 0 bridgehead atoms. The zero-order valence-corrected chi connectivity index (χ0v) is 24.2. The van der Waals surface area contributed by atoms with Crippen LogP contribution in [0, 0.1) is 35.1 Å². The Hall–Kier alpha value is -2.60. The van der Waals surface area contributed by atoms with E-state index in [9.17, 15) is 13.9 Å². The molecule has 2 nitrogen and oxygen atoms in total. The van der Waals surface area contributed by atoms with E-state index < -0.39 is 23.3 Å². The van der Waals surface area contributed by atoms with Crippen LogP contribution in [-0.2, 0) is 0 Å². The molecule has 224 valence electrons. The molecule has 2 fully saturated rings. The molecule has 0 saturated heterocycles. The average molecular weight is 573 g/mol. The highest BCUT2D eigenvalue weighted by atomic mass is 19.2. The molecular formula is C35H44F4O2. The lowest BCUT2D eigenvalue weighted by atomic mass is 9.75. The van der Waals surface area contributed by atoms with Crippen LogP contribution >= 0.6 is 0 Å². The van der Waals surface area contributed by atoms with Crippen LogP contribution in [0.3, 0.4) is 0 Å². The van der Waals surface area contributed by atoms with Gasteiger partial charge < -0.3 is 9.84 Å². The number of benzene rings is 2. The summed E-state index contributed by atoms with van der Waals surface area (Å²) in [5, 5.41) is 10.3. The van der Waals surface area contributed by atoms with E-state index in [4.69, 9.17) is 4.74 Å². The molecule has 4 rings (SSSR count). The van der Waals surface area contributed by atoms with E-state index in [1.807, 2.05) is 6.08 Å². The first-order valence-electron chi connectivity index (χ1n) is 15.4. The largest absolute Gasteiger partial charge is 0.490 e. The van der Waals surface area contributed by atoms with Gasteiger partial charge in [-0.2, -0.15) is 4.39 Å². The van der Waals surface area contributed by atoms with E-state index in [0.29, 0.717) is 37.0 Å². The van der Waals surface area contributed by atoms with Gasteiger partial charge in [-0.3, -0.25) is 0 Å². The number of allylic oxidation sites excluding steroid dienone is 2. The van der Waals surface area contributed by atoms with Gasteiger partial charge in [0.05, 0.1) is 12.7 Å². The second kappa shape index (κ2) is 15.0. The van der Waals surface area contributed by atoms with Crippen molar-refractivity contribution in [2.45, 2.75) is 102 Å². The van der Waals surface area contributed by atoms with E-state index in [2.05, 4.69) is 13.5 Å². The van der Waals surface area contributed by atoms with Crippen molar-refractivity contribution in [1.82, 2.24) is 0 Å². The fourth-order valence-electron chi connectivity index (χ4n) is 6.62. The number of ether oxygens (including phenoxy) is 1. The summed E-state index contributed by atoms with van der Waals surface area (Å²) in [6.07, 6.45) is 14.3. The van der Waals surface area contributed by atoms with Crippen LogP contribution in [0.4, 0.5) is 17.6 Å². The van der Waals surface area contributed by atoms with Crippen molar-refractivity contribution < 1.29 is 27.4 Å². The standard InChI is InChI=1S/C35H44F4O2/c1-3-5-6-22-41-31-21-20-29(34(38)35(31)39)24-11-8-23(9-12-24)10-13-27-18-19-28(33(37)32(27)36)25-14-16-26(17-15-25)30(40)7-4-2/h3,10,13,18-21,23-26,30,40H,1,4-9,11-12,14-17,22H2,2H3/b13-10+. The lowest BCUT2D eigenvalue weighted by molar-refractivity contribution is 0.0727. The zero-order chi connectivity index (χ0) is 29.4. The third kappa shape index (κ3) is 7.82. The van der Waals surface area contributed by atoms with Crippen molar-refractivity contribution >= 4 is 6.08 Å². The Balaban J connectivity index is 1.31. The van der Waals surface area contributed by atoms with Gasteiger partial charge in [-0.15, -0.1) is 6.58 Å². The molecule has 2 saturated carbocycles. The molecule has 6 heteroatoms. The SMILES string of the molecule is C=CCCCOc1ccc(C2CCC(/C=C/c3ccc(C4CCC(C(O)CCC)CC4)c(F)c3F)CC2)c(F)c1F. The van der Waals surface area contributed by atoms with Crippen LogP contribution in [-0.4, -0.2) is 17.8 Å². The van der Waals surface area contributed by atoms with Gasteiger partial charge in [-0.25, -0.2) is 13.2 Å². The molecule has 41 heavy (non-hydrogen) atoms. The molecule has 0 radical (unpaired) electrons. The molecule has 1 N–H and O–H groups in total. The molecule has 1 unspecified atom stereocenters. The third-order valence-electron chi connectivity index (χ3n) is 9.13. The summed E-state index contributed by atoms with van der Waals surface area (Å²) in [6, 6.07) is 6.51. The highest BCUT2D eigenvalue weighted by molar-refractivity contribution is 5.52. The molecule has 1 atom stereocenters. The molecular weight excluding hydrogens is 528 g/mol. The van der Waals surface area contributed by atoms with Crippen molar-refractivity contribution in [3.63, 3.8) is 0 Å². The molecule has 2 aromatic rings. The smallest absolute Gasteiger partial charge is 0.200 e. The molecule has 2 aliphatic carbocycles. The minimum absolute atomic E-state index is 0.0222. The van der Waals surface area contributed by atoms with Gasteiger partial charge in [0.25, 0.3) is 0 Å². The zero-order valence-electron chi connectivity index (χ0n) is 24.2. The summed E-state index contributed by atoms with van der Waals surface area (Å²) in [7, 11) is 0. The number of aliphatic hydroxyl groups is 1. The molecule has 0 amide bonds. The van der Waals surface area contributed by atoms with Gasteiger partial charge in [0.15, 0.2) is 23.2 Å². The lowest BCUT2D eigenvalue weighted by Gasteiger charge is -2.32. The first-order valence-corrected chi connectivity index (χ1v) is 15.4. The maximum absolute atomic E-state index is 15.1. The Bertz CT molecular complexity index is 1180. The van der Waals surface area contributed by atoms with Crippen molar-refractivity contribution in [1.29, 1.82) is 0 Å². The fraction of sp³-hybridized carbons (Fsp3) is 0.543. The summed E-state index contributed by atoms with van der Waals surface area (Å²) < 4.78 is 65.0. The van der Waals surface area contributed by atoms with Gasteiger partial charge in [0, 0.05) is 5.56 Å². The van der Waals surface area contributed by atoms with E-state index in [1.165, 1.54) is 6.07 Å². The second-order valence-electron chi connectivity index (χ2n) is 11.9. The molecule has 2 aliphatic rings. The Morgan fingerprint density at radius 2 is 1.46 bits per heavy atom. The first kappa shape index (κ1) is 31.3. The fourth-order valence-corrected chi connectivity index (χ4v) is 6.62. The highest BCUT2D eigenvalue weighted by Gasteiger charge is 2.30. The van der Waals surface area contributed by atoms with E-state index in [1.54, 1.807) is 30.4 Å². The summed E-state index contributed by atoms with van der Waals surface area (Å²) in [5.41, 5.74) is 1.05.